The maximum absolute atomic E-state index is 15.6. The van der Waals surface area contributed by atoms with Crippen LogP contribution in [-0.4, -0.2) is 56.6 Å². The molecular formula is C31H32F2N6O3. The van der Waals surface area contributed by atoms with Crippen LogP contribution in [0.4, 0.5) is 31.0 Å². The Balaban J connectivity index is 1.56. The van der Waals surface area contributed by atoms with Crippen LogP contribution in [-0.2, 0) is 4.74 Å². The van der Waals surface area contributed by atoms with Crippen LogP contribution < -0.4 is 10.2 Å². The quantitative estimate of drug-likeness (QED) is 0.294. The van der Waals surface area contributed by atoms with Gasteiger partial charge in [-0.2, -0.15) is 0 Å². The molecule has 2 aromatic heterocycles. The summed E-state index contributed by atoms with van der Waals surface area (Å²) < 4.78 is 36.1. The van der Waals surface area contributed by atoms with E-state index in [4.69, 9.17) is 4.74 Å². The number of aromatic nitrogens is 3. The molecule has 42 heavy (non-hydrogen) atoms. The van der Waals surface area contributed by atoms with Crippen LogP contribution in [0.1, 0.15) is 49.5 Å². The number of halogens is 2. The lowest BCUT2D eigenvalue weighted by Gasteiger charge is -2.39. The second kappa shape index (κ2) is 11.7. The number of carbonyl (C=O) groups excluding carboxylic acids is 2. The summed E-state index contributed by atoms with van der Waals surface area (Å²) >= 11 is 0. The minimum Gasteiger partial charge on any atom is -0.444 e. The summed E-state index contributed by atoms with van der Waals surface area (Å²) in [6.45, 7) is 7.73. The molecule has 0 radical (unpaired) electrons. The Hall–Kier alpha value is -4.67. The van der Waals surface area contributed by atoms with Crippen LogP contribution in [0, 0.1) is 18.6 Å². The minimum atomic E-state index is -0.770. The Morgan fingerprint density at radius 1 is 1.02 bits per heavy atom. The lowest BCUT2D eigenvalue weighted by atomic mass is 10.00. The second-order valence-corrected chi connectivity index (χ2v) is 11.2. The molecule has 2 amide bonds. The van der Waals surface area contributed by atoms with E-state index in [-0.39, 0.29) is 23.9 Å². The van der Waals surface area contributed by atoms with Gasteiger partial charge in [0.05, 0.1) is 11.6 Å². The standard InChI is InChI=1S/C31H32F2N6O3/c1-19-8-11-24(32)22-12-15-34-27(26(19)22)39(21-7-5-16-38(18-21)30(41)42-31(2,3)4)28(40)23-10-9-20(17-25(23)33)37-29-35-13-6-14-36-29/h6,8-15,17,21H,5,7,16,18H2,1-4H3,(H,35,36,37)/t21-/m1/s1. The van der Waals surface area contributed by atoms with E-state index in [0.29, 0.717) is 41.4 Å². The number of nitrogens with zero attached hydrogens (tertiary/aromatic N) is 5. The fourth-order valence-corrected chi connectivity index (χ4v) is 5.07. The number of anilines is 3. The molecule has 2 aromatic carbocycles. The summed E-state index contributed by atoms with van der Waals surface area (Å²) in [4.78, 5) is 42.8. The number of benzene rings is 2. The van der Waals surface area contributed by atoms with Crippen molar-refractivity contribution in [3.05, 3.63) is 83.8 Å². The van der Waals surface area contributed by atoms with Gasteiger partial charge >= 0.3 is 6.09 Å². The van der Waals surface area contributed by atoms with Gasteiger partial charge in [-0.15, -0.1) is 0 Å². The van der Waals surface area contributed by atoms with Crippen LogP contribution in [0.3, 0.4) is 0 Å². The molecule has 9 nitrogen and oxygen atoms in total. The molecule has 1 aliphatic rings. The van der Waals surface area contributed by atoms with Crippen LogP contribution in [0.15, 0.2) is 61.1 Å². The number of fused-ring (bicyclic) bond motifs is 1. The van der Waals surface area contributed by atoms with Crippen molar-refractivity contribution >= 4 is 40.2 Å². The van der Waals surface area contributed by atoms with E-state index in [9.17, 15) is 14.0 Å². The molecule has 1 N–H and O–H groups in total. The molecule has 218 valence electrons. The maximum atomic E-state index is 15.6. The summed E-state index contributed by atoms with van der Waals surface area (Å²) in [5.41, 5.74) is 0.165. The summed E-state index contributed by atoms with van der Waals surface area (Å²) in [5, 5.41) is 3.65. The third kappa shape index (κ3) is 6.14. The van der Waals surface area contributed by atoms with E-state index >= 15 is 4.39 Å². The van der Waals surface area contributed by atoms with E-state index < -0.39 is 35.3 Å². The fourth-order valence-electron chi connectivity index (χ4n) is 5.07. The van der Waals surface area contributed by atoms with Crippen LogP contribution in [0.25, 0.3) is 10.8 Å². The zero-order valence-electron chi connectivity index (χ0n) is 23.9. The monoisotopic (exact) mass is 574 g/mol. The Morgan fingerprint density at radius 3 is 2.50 bits per heavy atom. The first-order valence-corrected chi connectivity index (χ1v) is 13.7. The molecule has 0 unspecified atom stereocenters. The molecule has 0 bridgehead atoms. The average molecular weight is 575 g/mol. The molecule has 1 atom stereocenters. The van der Waals surface area contributed by atoms with Crippen LogP contribution >= 0.6 is 0 Å². The Kier molecular flexibility index (Phi) is 8.02. The Labute approximate surface area is 242 Å². The van der Waals surface area contributed by atoms with E-state index in [1.807, 2.05) is 0 Å². The highest BCUT2D eigenvalue weighted by Gasteiger charge is 2.36. The first kappa shape index (κ1) is 28.8. The van der Waals surface area contributed by atoms with Crippen molar-refractivity contribution in [2.24, 2.45) is 0 Å². The van der Waals surface area contributed by atoms with Gasteiger partial charge in [0.25, 0.3) is 5.91 Å². The molecule has 0 aliphatic carbocycles. The number of hydrogen-bond donors (Lipinski definition) is 1. The number of ether oxygens (including phenoxy) is 1. The van der Waals surface area contributed by atoms with Gasteiger partial charge in [-0.05, 0) is 82.5 Å². The molecule has 0 spiro atoms. The van der Waals surface area contributed by atoms with Gasteiger partial charge in [0, 0.05) is 48.1 Å². The van der Waals surface area contributed by atoms with Gasteiger partial charge in [-0.1, -0.05) is 6.07 Å². The van der Waals surface area contributed by atoms with Crippen molar-refractivity contribution in [1.29, 1.82) is 0 Å². The van der Waals surface area contributed by atoms with E-state index in [1.54, 1.807) is 69.3 Å². The molecule has 5 rings (SSSR count). The number of piperidine rings is 1. The van der Waals surface area contributed by atoms with Crippen LogP contribution in [0.2, 0.25) is 0 Å². The number of carbonyl (C=O) groups is 2. The number of hydrogen-bond acceptors (Lipinski definition) is 7. The summed E-state index contributed by atoms with van der Waals surface area (Å²) in [5.74, 6) is -1.41. The SMILES string of the molecule is Cc1ccc(F)c2ccnc(N(C(=O)c3ccc(Nc4ncccn4)cc3F)[C@@H]3CCCN(C(=O)OC(C)(C)C)C3)c12. The number of rotatable bonds is 5. The summed E-state index contributed by atoms with van der Waals surface area (Å²) in [6, 6.07) is 9.73. The lowest BCUT2D eigenvalue weighted by molar-refractivity contribution is 0.0196. The average Bonchev–Trinajstić information content (AvgIpc) is 2.95. The number of aryl methyl sites for hydroxylation is 1. The van der Waals surface area contributed by atoms with E-state index in [0.717, 1.165) is 0 Å². The molecule has 1 aliphatic heterocycles. The molecule has 1 fully saturated rings. The van der Waals surface area contributed by atoms with Gasteiger partial charge in [0.2, 0.25) is 5.95 Å². The first-order valence-electron chi connectivity index (χ1n) is 13.7. The summed E-state index contributed by atoms with van der Waals surface area (Å²) in [6.07, 6.45) is 5.12. The van der Waals surface area contributed by atoms with Crippen molar-refractivity contribution in [2.45, 2.75) is 52.2 Å². The number of likely N-dealkylation sites (tertiary alicyclic amines) is 1. The Morgan fingerprint density at radius 2 is 1.79 bits per heavy atom. The third-order valence-corrected chi connectivity index (χ3v) is 6.94. The maximum Gasteiger partial charge on any atom is 0.410 e. The fraction of sp³-hybridized carbons (Fsp3) is 0.323. The zero-order chi connectivity index (χ0) is 30.0. The van der Waals surface area contributed by atoms with E-state index in [2.05, 4.69) is 20.3 Å². The van der Waals surface area contributed by atoms with Crippen molar-refractivity contribution in [1.82, 2.24) is 19.9 Å². The van der Waals surface area contributed by atoms with Crippen molar-refractivity contribution in [3.8, 4) is 0 Å². The largest absolute Gasteiger partial charge is 0.444 e. The Bertz CT molecular complexity index is 1630. The van der Waals surface area contributed by atoms with Gasteiger partial charge in [-0.3, -0.25) is 9.69 Å². The zero-order valence-corrected chi connectivity index (χ0v) is 23.9. The molecule has 3 heterocycles. The highest BCUT2D eigenvalue weighted by molar-refractivity contribution is 6.11. The van der Waals surface area contributed by atoms with E-state index in [1.165, 1.54) is 29.3 Å². The third-order valence-electron chi connectivity index (χ3n) is 6.94. The predicted octanol–water partition coefficient (Wildman–Crippen LogP) is 6.40. The highest BCUT2D eigenvalue weighted by atomic mass is 19.1. The molecular weight excluding hydrogens is 542 g/mol. The summed E-state index contributed by atoms with van der Waals surface area (Å²) in [7, 11) is 0. The van der Waals surface area contributed by atoms with Crippen molar-refractivity contribution in [3.63, 3.8) is 0 Å². The molecule has 0 saturated carbocycles. The lowest BCUT2D eigenvalue weighted by Crippen LogP contribution is -2.53. The first-order chi connectivity index (χ1) is 20.0. The predicted molar refractivity (Wildman–Crippen MR) is 156 cm³/mol. The number of pyridine rings is 1. The van der Waals surface area contributed by atoms with Gasteiger partial charge in [0.1, 0.15) is 23.1 Å². The molecule has 4 aromatic rings. The normalized spacial score (nSPS) is 15.4. The molecule has 1 saturated heterocycles. The van der Waals surface area contributed by atoms with Gasteiger partial charge < -0.3 is 15.0 Å². The van der Waals surface area contributed by atoms with Crippen LogP contribution in [0.5, 0.6) is 0 Å². The number of amides is 2. The number of nitrogens with one attached hydrogen (secondary N) is 1. The van der Waals surface area contributed by atoms with Crippen molar-refractivity contribution in [2.75, 3.05) is 23.3 Å². The van der Waals surface area contributed by atoms with Gasteiger partial charge in [-0.25, -0.2) is 28.5 Å². The topological polar surface area (TPSA) is 101 Å². The van der Waals surface area contributed by atoms with Gasteiger partial charge in [0.15, 0.2) is 0 Å². The molecule has 11 heteroatoms. The minimum absolute atomic E-state index is 0.139. The smallest absolute Gasteiger partial charge is 0.410 e. The second-order valence-electron chi connectivity index (χ2n) is 11.2. The van der Waals surface area contributed by atoms with Crippen molar-refractivity contribution < 1.29 is 23.1 Å². The highest BCUT2D eigenvalue weighted by Crippen LogP contribution is 2.34.